The van der Waals surface area contributed by atoms with Gasteiger partial charge in [-0.05, 0) is 38.1 Å². The molecule has 0 fully saturated rings. The molecule has 0 aliphatic rings. The number of halogens is 1. The van der Waals surface area contributed by atoms with Crippen LogP contribution in [0.5, 0.6) is 0 Å². The highest BCUT2D eigenvalue weighted by Crippen LogP contribution is 2.15. The third kappa shape index (κ3) is 2.49. The van der Waals surface area contributed by atoms with Crippen molar-refractivity contribution in [3.05, 3.63) is 55.0 Å². The van der Waals surface area contributed by atoms with Crippen LogP contribution in [0.15, 0.2) is 55.0 Å². The highest BCUT2D eigenvalue weighted by molar-refractivity contribution is 5.68. The second-order valence-electron chi connectivity index (χ2n) is 4.67. The highest BCUT2D eigenvalue weighted by Gasteiger charge is 2.19. The molecule has 98 valence electrons. The first-order valence-corrected chi connectivity index (χ1v) is 6.20. The number of fused-ring (bicyclic) bond motifs is 1. The van der Waals surface area contributed by atoms with Crippen LogP contribution in [0.1, 0.15) is 19.9 Å². The third-order valence-electron chi connectivity index (χ3n) is 3.10. The van der Waals surface area contributed by atoms with Crippen molar-refractivity contribution in [3.63, 3.8) is 0 Å². The minimum absolute atomic E-state index is 0. The summed E-state index contributed by atoms with van der Waals surface area (Å²) in [6, 6.07) is 14.8. The lowest BCUT2D eigenvalue weighted by atomic mass is 10.3. The fourth-order valence-corrected chi connectivity index (χ4v) is 2.21. The van der Waals surface area contributed by atoms with Gasteiger partial charge in [-0.3, -0.25) is 0 Å². The first kappa shape index (κ1) is 14.0. The molecule has 2 aromatic heterocycles. The molecule has 0 amide bonds. The molecule has 3 rings (SSSR count). The van der Waals surface area contributed by atoms with Crippen molar-refractivity contribution in [3.8, 4) is 5.69 Å². The van der Waals surface area contributed by atoms with Crippen molar-refractivity contribution < 1.29 is 28.5 Å². The van der Waals surface area contributed by atoms with Crippen LogP contribution in [0.4, 0.5) is 0 Å². The molecule has 3 nitrogen and oxygen atoms in total. The Kier molecular flexibility index (Phi) is 4.19. The van der Waals surface area contributed by atoms with Crippen LogP contribution in [-0.4, -0.2) is 9.55 Å². The van der Waals surface area contributed by atoms with Gasteiger partial charge in [-0.2, -0.15) is 4.57 Å². The maximum atomic E-state index is 4.50. The van der Waals surface area contributed by atoms with Crippen LogP contribution in [0.2, 0.25) is 0 Å². The number of hydrogen-bond donors (Lipinski definition) is 0. The van der Waals surface area contributed by atoms with Crippen molar-refractivity contribution in [2.75, 3.05) is 0 Å². The van der Waals surface area contributed by atoms with E-state index in [1.165, 1.54) is 0 Å². The molecule has 1 aromatic carbocycles. The van der Waals surface area contributed by atoms with E-state index in [-0.39, 0.29) is 24.0 Å². The Labute approximate surface area is 129 Å². The number of aromatic nitrogens is 3. The molecular formula is C15H16IN3. The van der Waals surface area contributed by atoms with Gasteiger partial charge in [0.05, 0.1) is 6.04 Å². The van der Waals surface area contributed by atoms with Crippen molar-refractivity contribution in [2.45, 2.75) is 19.9 Å². The molecule has 0 radical (unpaired) electrons. The lowest BCUT2D eigenvalue weighted by molar-refractivity contribution is -0.691. The van der Waals surface area contributed by atoms with Crippen molar-refractivity contribution in [2.24, 2.45) is 0 Å². The predicted molar refractivity (Wildman–Crippen MR) is 71.7 cm³/mol. The normalized spacial score (nSPS) is 10.7. The van der Waals surface area contributed by atoms with Crippen molar-refractivity contribution in [1.82, 2.24) is 9.55 Å². The van der Waals surface area contributed by atoms with Crippen LogP contribution < -0.4 is 28.5 Å². The first-order chi connectivity index (χ1) is 8.77. The summed E-state index contributed by atoms with van der Waals surface area (Å²) in [7, 11) is 0. The van der Waals surface area contributed by atoms with Gasteiger partial charge in [0.25, 0.3) is 12.0 Å². The maximum Gasteiger partial charge on any atom is 0.273 e. The van der Waals surface area contributed by atoms with E-state index in [2.05, 4.69) is 52.5 Å². The molecule has 0 atom stereocenters. The van der Waals surface area contributed by atoms with Crippen LogP contribution in [0, 0.1) is 0 Å². The van der Waals surface area contributed by atoms with Crippen molar-refractivity contribution in [1.29, 1.82) is 0 Å². The van der Waals surface area contributed by atoms with Gasteiger partial charge in [-0.15, -0.1) is 0 Å². The van der Waals surface area contributed by atoms with E-state index >= 15 is 0 Å². The number of nitrogens with zero attached hydrogens (tertiary/aromatic N) is 3. The Morgan fingerprint density at radius 3 is 2.47 bits per heavy atom. The lowest BCUT2D eigenvalue weighted by Crippen LogP contribution is -3.00. The number of pyridine rings is 1. The van der Waals surface area contributed by atoms with Gasteiger partial charge in [0, 0.05) is 6.20 Å². The van der Waals surface area contributed by atoms with E-state index in [0.717, 1.165) is 16.9 Å². The number of imidazole rings is 1. The number of rotatable bonds is 2. The van der Waals surface area contributed by atoms with Gasteiger partial charge in [-0.25, -0.2) is 9.55 Å². The molecule has 2 heterocycles. The van der Waals surface area contributed by atoms with Gasteiger partial charge in [-0.1, -0.05) is 18.2 Å². The van der Waals surface area contributed by atoms with Gasteiger partial charge in [0.2, 0.25) is 0 Å². The number of benzene rings is 1. The molecule has 3 aromatic rings. The summed E-state index contributed by atoms with van der Waals surface area (Å²) >= 11 is 0. The van der Waals surface area contributed by atoms with Gasteiger partial charge < -0.3 is 24.0 Å². The minimum Gasteiger partial charge on any atom is -1.00 e. The fourth-order valence-electron chi connectivity index (χ4n) is 2.21. The summed E-state index contributed by atoms with van der Waals surface area (Å²) in [6.45, 7) is 4.36. The van der Waals surface area contributed by atoms with Crippen LogP contribution >= 0.6 is 0 Å². The molecule has 4 heteroatoms. The SMILES string of the molecule is CC(C)[n+]1cn(-c2ccccc2)c2ncccc21.[I-]. The molecule has 0 N–H and O–H groups in total. The van der Waals surface area contributed by atoms with E-state index in [1.54, 1.807) is 0 Å². The molecule has 19 heavy (non-hydrogen) atoms. The molecule has 0 aliphatic carbocycles. The quantitative estimate of drug-likeness (QED) is 0.459. The Morgan fingerprint density at radius 1 is 1.05 bits per heavy atom. The van der Waals surface area contributed by atoms with Gasteiger partial charge >= 0.3 is 0 Å². The molecule has 0 aliphatic heterocycles. The summed E-state index contributed by atoms with van der Waals surface area (Å²) in [5, 5.41) is 0. The second-order valence-corrected chi connectivity index (χ2v) is 4.67. The van der Waals surface area contributed by atoms with E-state index < -0.39 is 0 Å². The second kappa shape index (κ2) is 5.69. The van der Waals surface area contributed by atoms with E-state index in [1.807, 2.05) is 30.5 Å². The lowest BCUT2D eigenvalue weighted by Gasteiger charge is -1.98. The summed E-state index contributed by atoms with van der Waals surface area (Å²) in [5.74, 6) is 0. The summed E-state index contributed by atoms with van der Waals surface area (Å²) < 4.78 is 4.38. The molecule has 0 unspecified atom stereocenters. The third-order valence-corrected chi connectivity index (χ3v) is 3.10. The topological polar surface area (TPSA) is 21.7 Å². The number of para-hydroxylation sites is 1. The Balaban J connectivity index is 0.00000133. The molecule has 0 spiro atoms. The Hall–Kier alpha value is -1.43. The average Bonchev–Trinajstić information content (AvgIpc) is 2.79. The highest BCUT2D eigenvalue weighted by atomic mass is 127. The number of hydrogen-bond acceptors (Lipinski definition) is 1. The van der Waals surface area contributed by atoms with Crippen LogP contribution in [0.25, 0.3) is 16.9 Å². The fraction of sp³-hybridized carbons (Fsp3) is 0.200. The van der Waals surface area contributed by atoms with Gasteiger partial charge in [0.1, 0.15) is 5.69 Å². The standard InChI is InChI=1S/C15H16N3.HI/c1-12(2)17-11-18(13-7-4-3-5-8-13)15-14(17)9-6-10-16-15;/h3-12H,1-2H3;1H/q+1;/p-1. The van der Waals surface area contributed by atoms with E-state index in [9.17, 15) is 0 Å². The molecule has 0 saturated heterocycles. The summed E-state index contributed by atoms with van der Waals surface area (Å²) in [4.78, 5) is 4.50. The zero-order valence-electron chi connectivity index (χ0n) is 11.0. The van der Waals surface area contributed by atoms with E-state index in [4.69, 9.17) is 0 Å². The molecule has 0 saturated carbocycles. The van der Waals surface area contributed by atoms with Crippen molar-refractivity contribution >= 4 is 11.2 Å². The largest absolute Gasteiger partial charge is 1.00 e. The van der Waals surface area contributed by atoms with Crippen LogP contribution in [0.3, 0.4) is 0 Å². The molecule has 0 bridgehead atoms. The smallest absolute Gasteiger partial charge is 0.273 e. The Morgan fingerprint density at radius 2 is 1.79 bits per heavy atom. The average molecular weight is 365 g/mol. The zero-order chi connectivity index (χ0) is 12.5. The summed E-state index contributed by atoms with van der Waals surface area (Å²) in [5.41, 5.74) is 3.30. The van der Waals surface area contributed by atoms with Crippen LogP contribution in [-0.2, 0) is 0 Å². The molecular weight excluding hydrogens is 349 g/mol. The maximum absolute atomic E-state index is 4.50. The zero-order valence-corrected chi connectivity index (χ0v) is 13.2. The minimum atomic E-state index is 0. The predicted octanol–water partition coefficient (Wildman–Crippen LogP) is -0.102. The summed E-state index contributed by atoms with van der Waals surface area (Å²) in [6.07, 6.45) is 3.96. The Bertz CT molecular complexity index is 674. The monoisotopic (exact) mass is 365 g/mol. The first-order valence-electron chi connectivity index (χ1n) is 6.20. The van der Waals surface area contributed by atoms with Gasteiger partial charge in [0.15, 0.2) is 5.52 Å². The van der Waals surface area contributed by atoms with E-state index in [0.29, 0.717) is 6.04 Å².